The van der Waals surface area contributed by atoms with Crippen LogP contribution in [0.2, 0.25) is 0 Å². The Labute approximate surface area is 108 Å². The summed E-state index contributed by atoms with van der Waals surface area (Å²) in [6, 6.07) is 5.74. The van der Waals surface area contributed by atoms with Crippen molar-refractivity contribution in [3.8, 4) is 5.75 Å². The molecule has 0 aliphatic heterocycles. The molecular formula is C15H20O3. The van der Waals surface area contributed by atoms with Gasteiger partial charge in [-0.3, -0.25) is 4.79 Å². The molecule has 0 unspecified atom stereocenters. The van der Waals surface area contributed by atoms with Crippen molar-refractivity contribution < 1.29 is 14.3 Å². The van der Waals surface area contributed by atoms with Gasteiger partial charge in [0.05, 0.1) is 12.7 Å². The van der Waals surface area contributed by atoms with Crippen LogP contribution in [-0.4, -0.2) is 25.1 Å². The Bertz CT molecular complexity index is 424. The normalized spacial score (nSPS) is 14.7. The zero-order chi connectivity index (χ0) is 13.0. The average molecular weight is 248 g/mol. The van der Waals surface area contributed by atoms with Gasteiger partial charge < -0.3 is 9.47 Å². The molecule has 3 heteroatoms. The molecular weight excluding hydrogens is 228 g/mol. The van der Waals surface area contributed by atoms with Crippen molar-refractivity contribution in [1.82, 2.24) is 0 Å². The van der Waals surface area contributed by atoms with E-state index in [0.717, 1.165) is 29.7 Å². The minimum Gasteiger partial charge on any atom is -0.491 e. The van der Waals surface area contributed by atoms with Gasteiger partial charge in [0.1, 0.15) is 12.4 Å². The van der Waals surface area contributed by atoms with Crippen molar-refractivity contribution in [3.05, 3.63) is 29.3 Å². The van der Waals surface area contributed by atoms with Crippen LogP contribution in [0.25, 0.3) is 0 Å². The molecule has 1 aliphatic rings. The lowest BCUT2D eigenvalue weighted by molar-refractivity contribution is 0.0552. The van der Waals surface area contributed by atoms with Crippen LogP contribution in [-0.2, 0) is 11.2 Å². The molecule has 0 fully saturated rings. The van der Waals surface area contributed by atoms with Crippen LogP contribution >= 0.6 is 0 Å². The highest BCUT2D eigenvalue weighted by Gasteiger charge is 2.17. The molecule has 0 heterocycles. The summed E-state index contributed by atoms with van der Waals surface area (Å²) in [5, 5.41) is 0. The number of Topliss-reactive ketones (excluding diaryl/α,β-unsaturated/α-hetero) is 1. The topological polar surface area (TPSA) is 35.5 Å². The van der Waals surface area contributed by atoms with Crippen molar-refractivity contribution in [2.75, 3.05) is 13.2 Å². The number of ketones is 1. The van der Waals surface area contributed by atoms with Crippen molar-refractivity contribution in [1.29, 1.82) is 0 Å². The number of carbonyl (C=O) groups excluding carboxylic acids is 1. The molecule has 3 nitrogen and oxygen atoms in total. The monoisotopic (exact) mass is 248 g/mol. The summed E-state index contributed by atoms with van der Waals surface area (Å²) in [4.78, 5) is 11.7. The van der Waals surface area contributed by atoms with Crippen molar-refractivity contribution >= 4 is 5.78 Å². The van der Waals surface area contributed by atoms with Gasteiger partial charge in [0, 0.05) is 12.0 Å². The number of hydrogen-bond acceptors (Lipinski definition) is 3. The average Bonchev–Trinajstić information content (AvgIpc) is 2.35. The summed E-state index contributed by atoms with van der Waals surface area (Å²) in [5.74, 6) is 1.08. The number of hydrogen-bond donors (Lipinski definition) is 0. The van der Waals surface area contributed by atoms with Gasteiger partial charge in [-0.1, -0.05) is 0 Å². The predicted molar refractivity (Wildman–Crippen MR) is 70.3 cm³/mol. The van der Waals surface area contributed by atoms with Gasteiger partial charge in [-0.05, 0) is 50.5 Å². The third-order valence-electron chi connectivity index (χ3n) is 3.03. The number of rotatable bonds is 5. The molecule has 1 aliphatic carbocycles. The number of ether oxygens (including phenoxy) is 2. The highest BCUT2D eigenvalue weighted by atomic mass is 16.5. The smallest absolute Gasteiger partial charge is 0.163 e. The second-order valence-electron chi connectivity index (χ2n) is 4.86. The van der Waals surface area contributed by atoms with Gasteiger partial charge in [0.25, 0.3) is 0 Å². The number of benzene rings is 1. The Morgan fingerprint density at radius 2 is 2.06 bits per heavy atom. The maximum absolute atomic E-state index is 11.7. The molecule has 98 valence electrons. The van der Waals surface area contributed by atoms with E-state index in [2.05, 4.69) is 0 Å². The highest BCUT2D eigenvalue weighted by Crippen LogP contribution is 2.25. The summed E-state index contributed by atoms with van der Waals surface area (Å²) in [7, 11) is 0. The molecule has 0 N–H and O–H groups in total. The lowest BCUT2D eigenvalue weighted by Crippen LogP contribution is -2.13. The Balaban J connectivity index is 1.92. The highest BCUT2D eigenvalue weighted by molar-refractivity contribution is 5.98. The fourth-order valence-electron chi connectivity index (χ4n) is 2.16. The van der Waals surface area contributed by atoms with E-state index >= 15 is 0 Å². The summed E-state index contributed by atoms with van der Waals surface area (Å²) in [5.41, 5.74) is 1.99. The van der Waals surface area contributed by atoms with Crippen molar-refractivity contribution in [3.63, 3.8) is 0 Å². The number of fused-ring (bicyclic) bond motifs is 1. The summed E-state index contributed by atoms with van der Waals surface area (Å²) < 4.78 is 11.0. The van der Waals surface area contributed by atoms with Gasteiger partial charge in [-0.2, -0.15) is 0 Å². The molecule has 0 saturated heterocycles. The molecule has 0 radical (unpaired) electrons. The largest absolute Gasteiger partial charge is 0.491 e. The molecule has 0 spiro atoms. The van der Waals surface area contributed by atoms with E-state index in [1.165, 1.54) is 0 Å². The zero-order valence-corrected chi connectivity index (χ0v) is 11.1. The Kier molecular flexibility index (Phi) is 4.37. The fourth-order valence-corrected chi connectivity index (χ4v) is 2.16. The minimum atomic E-state index is 0.231. The molecule has 18 heavy (non-hydrogen) atoms. The third-order valence-corrected chi connectivity index (χ3v) is 3.03. The van der Waals surface area contributed by atoms with Crippen molar-refractivity contribution in [2.24, 2.45) is 0 Å². The van der Waals surface area contributed by atoms with Crippen LogP contribution in [0.4, 0.5) is 0 Å². The summed E-state index contributed by atoms with van der Waals surface area (Å²) in [6.45, 7) is 5.15. The first-order valence-corrected chi connectivity index (χ1v) is 6.57. The second kappa shape index (κ2) is 6.01. The molecule has 0 bridgehead atoms. The van der Waals surface area contributed by atoms with Crippen LogP contribution in [0.15, 0.2) is 18.2 Å². The first-order valence-electron chi connectivity index (χ1n) is 6.57. The maximum Gasteiger partial charge on any atom is 0.163 e. The van der Waals surface area contributed by atoms with Gasteiger partial charge >= 0.3 is 0 Å². The molecule has 0 saturated carbocycles. The molecule has 1 aromatic rings. The van der Waals surface area contributed by atoms with Crippen LogP contribution in [0.3, 0.4) is 0 Å². The Morgan fingerprint density at radius 1 is 1.22 bits per heavy atom. The molecule has 0 aromatic heterocycles. The van der Waals surface area contributed by atoms with E-state index in [-0.39, 0.29) is 11.9 Å². The lowest BCUT2D eigenvalue weighted by Gasteiger charge is -2.16. The standard InChI is InChI=1S/C15H20O3/c1-11(2)17-8-9-18-13-6-7-14-12(10-13)4-3-5-15(14)16/h6-7,10-11H,3-5,8-9H2,1-2H3. The first kappa shape index (κ1) is 13.1. The lowest BCUT2D eigenvalue weighted by atomic mass is 9.91. The SMILES string of the molecule is CC(C)OCCOc1ccc2c(c1)CCCC2=O. The number of carbonyl (C=O) groups is 1. The Morgan fingerprint density at radius 3 is 2.83 bits per heavy atom. The van der Waals surface area contributed by atoms with E-state index in [9.17, 15) is 4.79 Å². The predicted octanol–water partition coefficient (Wildman–Crippen LogP) is 3.01. The summed E-state index contributed by atoms with van der Waals surface area (Å²) in [6.07, 6.45) is 2.83. The van der Waals surface area contributed by atoms with Crippen LogP contribution < -0.4 is 4.74 Å². The molecule has 0 atom stereocenters. The quantitative estimate of drug-likeness (QED) is 0.751. The molecule has 0 amide bonds. The van der Waals surface area contributed by atoms with E-state index in [0.29, 0.717) is 19.6 Å². The third kappa shape index (κ3) is 3.33. The maximum atomic E-state index is 11.7. The minimum absolute atomic E-state index is 0.231. The van der Waals surface area contributed by atoms with Gasteiger partial charge in [0.2, 0.25) is 0 Å². The second-order valence-corrected chi connectivity index (χ2v) is 4.86. The van der Waals surface area contributed by atoms with Crippen molar-refractivity contribution in [2.45, 2.75) is 39.2 Å². The van der Waals surface area contributed by atoms with E-state index in [4.69, 9.17) is 9.47 Å². The van der Waals surface area contributed by atoms with Crippen LogP contribution in [0, 0.1) is 0 Å². The van der Waals surface area contributed by atoms with E-state index < -0.39 is 0 Å². The Hall–Kier alpha value is -1.35. The van der Waals surface area contributed by atoms with Gasteiger partial charge in [-0.15, -0.1) is 0 Å². The zero-order valence-electron chi connectivity index (χ0n) is 11.1. The summed E-state index contributed by atoms with van der Waals surface area (Å²) >= 11 is 0. The molecule has 1 aromatic carbocycles. The van der Waals surface area contributed by atoms with Gasteiger partial charge in [0.15, 0.2) is 5.78 Å². The van der Waals surface area contributed by atoms with Gasteiger partial charge in [-0.25, -0.2) is 0 Å². The van der Waals surface area contributed by atoms with Crippen LogP contribution in [0.1, 0.15) is 42.6 Å². The first-order chi connectivity index (χ1) is 8.66. The number of aryl methyl sites for hydroxylation is 1. The van der Waals surface area contributed by atoms with E-state index in [1.807, 2.05) is 32.0 Å². The molecule has 2 rings (SSSR count). The van der Waals surface area contributed by atoms with E-state index in [1.54, 1.807) is 0 Å². The van der Waals surface area contributed by atoms with Crippen LogP contribution in [0.5, 0.6) is 5.75 Å². The fraction of sp³-hybridized carbons (Fsp3) is 0.533.